The molecule has 4 heteroatoms. The summed E-state index contributed by atoms with van der Waals surface area (Å²) in [5.41, 5.74) is 2.37. The lowest BCUT2D eigenvalue weighted by Crippen LogP contribution is -2.10. The van der Waals surface area contributed by atoms with Crippen LogP contribution in [0.25, 0.3) is 6.08 Å². The third kappa shape index (κ3) is 5.38. The average Bonchev–Trinajstić information content (AvgIpc) is 2.60. The van der Waals surface area contributed by atoms with E-state index in [0.29, 0.717) is 17.1 Å². The molecule has 0 bridgehead atoms. The molecule has 26 heavy (non-hydrogen) atoms. The Bertz CT molecular complexity index is 733. The van der Waals surface area contributed by atoms with Gasteiger partial charge in [0.2, 0.25) is 0 Å². The van der Waals surface area contributed by atoms with E-state index in [1.165, 1.54) is 0 Å². The number of ether oxygens (including phenoxy) is 2. The first-order valence-electron chi connectivity index (χ1n) is 8.87. The number of hydrogen-bond acceptors (Lipinski definition) is 4. The van der Waals surface area contributed by atoms with Crippen LogP contribution < -0.4 is 14.8 Å². The Kier molecular flexibility index (Phi) is 6.84. The molecule has 0 atom stereocenters. The number of benzene rings is 2. The van der Waals surface area contributed by atoms with Crippen molar-refractivity contribution in [3.05, 3.63) is 59.7 Å². The molecule has 138 valence electrons. The molecule has 0 saturated heterocycles. The number of anilines is 1. The lowest BCUT2D eigenvalue weighted by Gasteiger charge is -2.17. The van der Waals surface area contributed by atoms with Gasteiger partial charge in [0.05, 0.1) is 17.8 Å². The van der Waals surface area contributed by atoms with Crippen LogP contribution in [0.1, 0.15) is 43.6 Å². The predicted octanol–water partition coefficient (Wildman–Crippen LogP) is 5.20. The normalized spacial score (nSPS) is 11.2. The molecule has 2 aromatic rings. The molecular weight excluding hydrogens is 326 g/mol. The highest BCUT2D eigenvalue weighted by Gasteiger charge is 2.12. The van der Waals surface area contributed by atoms with Crippen molar-refractivity contribution in [3.8, 4) is 11.5 Å². The minimum atomic E-state index is -0.0671. The minimum Gasteiger partial charge on any atom is -0.490 e. The second kappa shape index (κ2) is 9.09. The van der Waals surface area contributed by atoms with Crippen molar-refractivity contribution in [2.75, 3.05) is 12.4 Å². The average molecular weight is 353 g/mol. The molecular formula is C22H27NO3. The second-order valence-corrected chi connectivity index (χ2v) is 6.53. The Morgan fingerprint density at radius 3 is 1.92 bits per heavy atom. The summed E-state index contributed by atoms with van der Waals surface area (Å²) < 4.78 is 11.8. The lowest BCUT2D eigenvalue weighted by atomic mass is 10.1. The van der Waals surface area contributed by atoms with E-state index in [1.807, 2.05) is 65.1 Å². The lowest BCUT2D eigenvalue weighted by molar-refractivity contribution is 0.104. The van der Waals surface area contributed by atoms with Crippen LogP contribution in [0.5, 0.6) is 11.5 Å². The molecule has 4 nitrogen and oxygen atoms in total. The summed E-state index contributed by atoms with van der Waals surface area (Å²) in [6.07, 6.45) is 3.39. The monoisotopic (exact) mass is 353 g/mol. The van der Waals surface area contributed by atoms with Crippen LogP contribution in [0.4, 0.5) is 5.69 Å². The van der Waals surface area contributed by atoms with E-state index in [9.17, 15) is 4.79 Å². The van der Waals surface area contributed by atoms with Gasteiger partial charge in [0.25, 0.3) is 0 Å². The van der Waals surface area contributed by atoms with E-state index in [1.54, 1.807) is 24.3 Å². The van der Waals surface area contributed by atoms with Gasteiger partial charge in [-0.25, -0.2) is 0 Å². The van der Waals surface area contributed by atoms with E-state index in [-0.39, 0.29) is 18.0 Å². The van der Waals surface area contributed by atoms with E-state index in [2.05, 4.69) is 5.32 Å². The zero-order chi connectivity index (χ0) is 19.1. The molecule has 0 amide bonds. The van der Waals surface area contributed by atoms with E-state index >= 15 is 0 Å². The number of carbonyl (C=O) groups is 1. The maximum Gasteiger partial charge on any atom is 0.185 e. The number of ketones is 1. The van der Waals surface area contributed by atoms with Gasteiger partial charge in [0.15, 0.2) is 5.78 Å². The highest BCUT2D eigenvalue weighted by Crippen LogP contribution is 2.31. The summed E-state index contributed by atoms with van der Waals surface area (Å²) in [5.74, 6) is 1.34. The van der Waals surface area contributed by atoms with Gasteiger partial charge in [0.1, 0.15) is 11.5 Å². The van der Waals surface area contributed by atoms with Gasteiger partial charge < -0.3 is 14.8 Å². The molecule has 0 radical (unpaired) electrons. The van der Waals surface area contributed by atoms with Gasteiger partial charge in [-0.1, -0.05) is 6.07 Å². The molecule has 2 aromatic carbocycles. The van der Waals surface area contributed by atoms with Crippen LogP contribution in [0.15, 0.2) is 48.5 Å². The molecule has 0 aromatic heterocycles. The Morgan fingerprint density at radius 1 is 0.923 bits per heavy atom. The van der Waals surface area contributed by atoms with Crippen molar-refractivity contribution in [1.82, 2.24) is 0 Å². The Labute approximate surface area is 155 Å². The van der Waals surface area contributed by atoms with Crippen molar-refractivity contribution in [2.24, 2.45) is 0 Å². The number of allylic oxidation sites excluding steroid dienone is 1. The van der Waals surface area contributed by atoms with Crippen LogP contribution in [-0.4, -0.2) is 25.0 Å². The topological polar surface area (TPSA) is 47.6 Å². The maximum atomic E-state index is 12.5. The molecule has 0 unspecified atom stereocenters. The molecule has 0 aliphatic carbocycles. The van der Waals surface area contributed by atoms with Crippen molar-refractivity contribution >= 4 is 17.5 Å². The first-order valence-corrected chi connectivity index (χ1v) is 8.87. The van der Waals surface area contributed by atoms with Crippen molar-refractivity contribution in [3.63, 3.8) is 0 Å². The van der Waals surface area contributed by atoms with Gasteiger partial charge >= 0.3 is 0 Å². The smallest absolute Gasteiger partial charge is 0.185 e. The van der Waals surface area contributed by atoms with Crippen molar-refractivity contribution in [1.29, 1.82) is 0 Å². The zero-order valence-electron chi connectivity index (χ0n) is 16.1. The third-order valence-corrected chi connectivity index (χ3v) is 3.61. The molecule has 0 fully saturated rings. The summed E-state index contributed by atoms with van der Waals surface area (Å²) >= 11 is 0. The van der Waals surface area contributed by atoms with Crippen LogP contribution >= 0.6 is 0 Å². The van der Waals surface area contributed by atoms with Gasteiger partial charge in [-0.3, -0.25) is 4.79 Å². The number of hydrogen-bond donors (Lipinski definition) is 1. The molecule has 0 aliphatic heterocycles. The standard InChI is InChI=1S/C22H27NO3/c1-15(2)25-21-7-6-8-22(26-16(3)4)19(21)13-14-20(24)17-9-11-18(23-5)12-10-17/h6-16,23H,1-5H3/b14-13+. The fourth-order valence-corrected chi connectivity index (χ4v) is 2.46. The third-order valence-electron chi connectivity index (χ3n) is 3.61. The number of carbonyl (C=O) groups excluding carboxylic acids is 1. The largest absolute Gasteiger partial charge is 0.490 e. The fourth-order valence-electron chi connectivity index (χ4n) is 2.46. The zero-order valence-corrected chi connectivity index (χ0v) is 16.1. The molecule has 2 rings (SSSR count). The van der Waals surface area contributed by atoms with Gasteiger partial charge in [-0.15, -0.1) is 0 Å². The summed E-state index contributed by atoms with van der Waals surface area (Å²) in [7, 11) is 1.85. The van der Waals surface area contributed by atoms with Gasteiger partial charge in [0, 0.05) is 18.3 Å². The highest BCUT2D eigenvalue weighted by molar-refractivity contribution is 6.07. The van der Waals surface area contributed by atoms with Crippen LogP contribution in [-0.2, 0) is 0 Å². The molecule has 0 saturated carbocycles. The molecule has 1 N–H and O–H groups in total. The molecule has 0 aliphatic rings. The van der Waals surface area contributed by atoms with Crippen LogP contribution in [0.2, 0.25) is 0 Å². The first kappa shape index (κ1) is 19.6. The van der Waals surface area contributed by atoms with E-state index in [0.717, 1.165) is 11.3 Å². The molecule has 0 heterocycles. The quantitative estimate of drug-likeness (QED) is 0.523. The summed E-state index contributed by atoms with van der Waals surface area (Å²) in [4.78, 5) is 12.5. The fraction of sp³-hybridized carbons (Fsp3) is 0.318. The first-order chi connectivity index (χ1) is 12.4. The Balaban J connectivity index is 2.32. The number of rotatable bonds is 8. The van der Waals surface area contributed by atoms with Gasteiger partial charge in [-0.05, 0) is 76.2 Å². The van der Waals surface area contributed by atoms with E-state index in [4.69, 9.17) is 9.47 Å². The molecule has 0 spiro atoms. The number of nitrogens with one attached hydrogen (secondary N) is 1. The highest BCUT2D eigenvalue weighted by atomic mass is 16.5. The van der Waals surface area contributed by atoms with Gasteiger partial charge in [-0.2, -0.15) is 0 Å². The summed E-state index contributed by atoms with van der Waals surface area (Å²) in [5, 5.41) is 3.04. The van der Waals surface area contributed by atoms with Crippen molar-refractivity contribution < 1.29 is 14.3 Å². The predicted molar refractivity (Wildman–Crippen MR) is 107 cm³/mol. The van der Waals surface area contributed by atoms with Crippen molar-refractivity contribution in [2.45, 2.75) is 39.9 Å². The second-order valence-electron chi connectivity index (χ2n) is 6.53. The van der Waals surface area contributed by atoms with E-state index < -0.39 is 0 Å². The summed E-state index contributed by atoms with van der Waals surface area (Å²) in [6, 6.07) is 13.0. The maximum absolute atomic E-state index is 12.5. The Morgan fingerprint density at radius 2 is 1.46 bits per heavy atom. The SMILES string of the molecule is CNc1ccc(C(=O)/C=C/c2c(OC(C)C)cccc2OC(C)C)cc1. The van der Waals surface area contributed by atoms with Crippen LogP contribution in [0, 0.1) is 0 Å². The minimum absolute atomic E-state index is 0.0289. The Hall–Kier alpha value is -2.75. The summed E-state index contributed by atoms with van der Waals surface area (Å²) in [6.45, 7) is 7.88. The van der Waals surface area contributed by atoms with Crippen LogP contribution in [0.3, 0.4) is 0 Å².